The lowest BCUT2D eigenvalue weighted by Gasteiger charge is -2.10. The van der Waals surface area contributed by atoms with E-state index in [-0.39, 0.29) is 5.82 Å². The number of para-hydroxylation sites is 1. The number of thiocarbonyl (C=S) groups is 1. The molecule has 7 heteroatoms. The van der Waals surface area contributed by atoms with Gasteiger partial charge in [0, 0.05) is 23.0 Å². The molecule has 25 heavy (non-hydrogen) atoms. The van der Waals surface area contributed by atoms with Gasteiger partial charge in [-0.05, 0) is 48.5 Å². The Morgan fingerprint density at radius 2 is 2.00 bits per heavy atom. The van der Waals surface area contributed by atoms with Gasteiger partial charge in [-0.25, -0.2) is 4.39 Å². The van der Waals surface area contributed by atoms with E-state index in [2.05, 4.69) is 15.7 Å². The lowest BCUT2D eigenvalue weighted by atomic mass is 10.2. The van der Waals surface area contributed by atoms with Crippen molar-refractivity contribution in [3.8, 4) is 0 Å². The standard InChI is InChI=1S/C18H16ClFN4S/c1-12-4-2-3-5-16(12)21-18(25)22-17-8-9-24(23-17)11-13-6-7-14(20)10-15(13)19/h2-10H,11H2,1H3,(H2,21,22,23,25). The van der Waals surface area contributed by atoms with E-state index < -0.39 is 0 Å². The Labute approximate surface area is 155 Å². The largest absolute Gasteiger partial charge is 0.332 e. The van der Waals surface area contributed by atoms with Gasteiger partial charge in [0.05, 0.1) is 6.54 Å². The summed E-state index contributed by atoms with van der Waals surface area (Å²) in [5.41, 5.74) is 2.83. The zero-order valence-corrected chi connectivity index (χ0v) is 15.0. The number of halogens is 2. The van der Waals surface area contributed by atoms with Gasteiger partial charge in [0.2, 0.25) is 0 Å². The SMILES string of the molecule is Cc1ccccc1NC(=S)Nc1ccn(Cc2ccc(F)cc2Cl)n1. The van der Waals surface area contributed by atoms with E-state index in [0.29, 0.717) is 22.5 Å². The summed E-state index contributed by atoms with van der Waals surface area (Å²) in [4.78, 5) is 0. The molecule has 2 aromatic carbocycles. The van der Waals surface area contributed by atoms with E-state index >= 15 is 0 Å². The first-order valence-electron chi connectivity index (χ1n) is 7.62. The van der Waals surface area contributed by atoms with Crippen molar-refractivity contribution in [2.75, 3.05) is 10.6 Å². The molecule has 0 atom stereocenters. The third-order valence-corrected chi connectivity index (χ3v) is 4.18. The van der Waals surface area contributed by atoms with Crippen molar-refractivity contribution in [2.45, 2.75) is 13.5 Å². The fourth-order valence-corrected chi connectivity index (χ4v) is 2.77. The van der Waals surface area contributed by atoms with E-state index in [1.165, 1.54) is 12.1 Å². The van der Waals surface area contributed by atoms with Crippen LogP contribution in [-0.4, -0.2) is 14.9 Å². The van der Waals surface area contributed by atoms with Gasteiger partial charge >= 0.3 is 0 Å². The van der Waals surface area contributed by atoms with E-state index in [1.807, 2.05) is 37.3 Å². The molecule has 0 aliphatic heterocycles. The van der Waals surface area contributed by atoms with Crippen molar-refractivity contribution in [2.24, 2.45) is 0 Å². The lowest BCUT2D eigenvalue weighted by molar-refractivity contribution is 0.624. The van der Waals surface area contributed by atoms with Gasteiger partial charge in [-0.15, -0.1) is 0 Å². The van der Waals surface area contributed by atoms with Crippen LogP contribution in [0.4, 0.5) is 15.9 Å². The molecular weight excluding hydrogens is 359 g/mol. The Hall–Kier alpha value is -2.44. The number of nitrogens with one attached hydrogen (secondary N) is 2. The highest BCUT2D eigenvalue weighted by atomic mass is 35.5. The number of anilines is 2. The summed E-state index contributed by atoms with van der Waals surface area (Å²) in [6.07, 6.45) is 1.80. The average Bonchev–Trinajstić information content (AvgIpc) is 2.99. The highest BCUT2D eigenvalue weighted by Crippen LogP contribution is 2.19. The normalized spacial score (nSPS) is 10.5. The maximum atomic E-state index is 13.1. The predicted octanol–water partition coefficient (Wildman–Crippen LogP) is 4.84. The second-order valence-electron chi connectivity index (χ2n) is 5.53. The molecule has 3 rings (SSSR count). The summed E-state index contributed by atoms with van der Waals surface area (Å²) in [5, 5.41) is 11.4. The summed E-state index contributed by atoms with van der Waals surface area (Å²) in [7, 11) is 0. The topological polar surface area (TPSA) is 41.9 Å². The number of hydrogen-bond donors (Lipinski definition) is 2. The molecule has 0 bridgehead atoms. The van der Waals surface area contributed by atoms with Crippen molar-refractivity contribution in [3.05, 3.63) is 76.7 Å². The number of nitrogens with zero attached hydrogens (tertiary/aromatic N) is 2. The summed E-state index contributed by atoms with van der Waals surface area (Å²) in [6.45, 7) is 2.45. The first-order valence-corrected chi connectivity index (χ1v) is 8.41. The summed E-state index contributed by atoms with van der Waals surface area (Å²) in [6, 6.07) is 14.0. The number of hydrogen-bond acceptors (Lipinski definition) is 2. The Bertz CT molecular complexity index is 910. The van der Waals surface area contributed by atoms with Crippen LogP contribution in [0.2, 0.25) is 5.02 Å². The molecule has 0 spiro atoms. The van der Waals surface area contributed by atoms with Crippen molar-refractivity contribution in [1.29, 1.82) is 0 Å². The van der Waals surface area contributed by atoms with Crippen molar-refractivity contribution in [1.82, 2.24) is 9.78 Å². The second kappa shape index (κ2) is 7.63. The Morgan fingerprint density at radius 3 is 2.76 bits per heavy atom. The number of aromatic nitrogens is 2. The molecule has 0 amide bonds. The minimum absolute atomic E-state index is 0.357. The minimum atomic E-state index is -0.357. The highest BCUT2D eigenvalue weighted by molar-refractivity contribution is 7.80. The molecule has 0 unspecified atom stereocenters. The average molecular weight is 375 g/mol. The molecule has 0 fully saturated rings. The van der Waals surface area contributed by atoms with E-state index in [1.54, 1.807) is 16.9 Å². The molecule has 0 aliphatic carbocycles. The molecule has 0 radical (unpaired) electrons. The highest BCUT2D eigenvalue weighted by Gasteiger charge is 2.06. The van der Waals surface area contributed by atoms with Crippen LogP contribution in [0, 0.1) is 12.7 Å². The molecular formula is C18H16ClFN4S. The Balaban J connectivity index is 1.63. The van der Waals surface area contributed by atoms with Crippen LogP contribution in [-0.2, 0) is 6.54 Å². The van der Waals surface area contributed by atoms with Gasteiger partial charge in [-0.2, -0.15) is 5.10 Å². The molecule has 2 N–H and O–H groups in total. The van der Waals surface area contributed by atoms with Gasteiger partial charge < -0.3 is 10.6 Å². The van der Waals surface area contributed by atoms with Crippen LogP contribution in [0.3, 0.4) is 0 Å². The van der Waals surface area contributed by atoms with Gasteiger partial charge in [0.15, 0.2) is 10.9 Å². The molecule has 0 aliphatic rings. The number of benzene rings is 2. The molecule has 0 saturated carbocycles. The monoisotopic (exact) mass is 374 g/mol. The van der Waals surface area contributed by atoms with Crippen molar-refractivity contribution < 1.29 is 4.39 Å². The fraction of sp³-hybridized carbons (Fsp3) is 0.111. The summed E-state index contributed by atoms with van der Waals surface area (Å²) >= 11 is 11.4. The molecule has 1 heterocycles. The van der Waals surface area contributed by atoms with E-state index in [0.717, 1.165) is 16.8 Å². The van der Waals surface area contributed by atoms with Crippen molar-refractivity contribution >= 4 is 40.4 Å². The fourth-order valence-electron chi connectivity index (χ4n) is 2.32. The van der Waals surface area contributed by atoms with Gasteiger partial charge in [-0.1, -0.05) is 35.9 Å². The Morgan fingerprint density at radius 1 is 1.20 bits per heavy atom. The van der Waals surface area contributed by atoms with Crippen LogP contribution in [0.5, 0.6) is 0 Å². The van der Waals surface area contributed by atoms with Crippen LogP contribution in [0.25, 0.3) is 0 Å². The third-order valence-electron chi connectivity index (χ3n) is 3.62. The molecule has 3 aromatic rings. The smallest absolute Gasteiger partial charge is 0.176 e. The molecule has 128 valence electrons. The lowest BCUT2D eigenvalue weighted by Crippen LogP contribution is -2.20. The summed E-state index contributed by atoms with van der Waals surface area (Å²) < 4.78 is 14.8. The quantitative estimate of drug-likeness (QED) is 0.641. The van der Waals surface area contributed by atoms with E-state index in [9.17, 15) is 4.39 Å². The van der Waals surface area contributed by atoms with Crippen LogP contribution in [0.15, 0.2) is 54.7 Å². The van der Waals surface area contributed by atoms with E-state index in [4.69, 9.17) is 23.8 Å². The number of aryl methyl sites for hydroxylation is 1. The first-order chi connectivity index (χ1) is 12.0. The number of rotatable bonds is 4. The van der Waals surface area contributed by atoms with Crippen LogP contribution >= 0.6 is 23.8 Å². The molecule has 0 saturated heterocycles. The third kappa shape index (κ3) is 4.55. The van der Waals surface area contributed by atoms with Crippen molar-refractivity contribution in [3.63, 3.8) is 0 Å². The van der Waals surface area contributed by atoms with Crippen LogP contribution < -0.4 is 10.6 Å². The van der Waals surface area contributed by atoms with Crippen LogP contribution in [0.1, 0.15) is 11.1 Å². The maximum Gasteiger partial charge on any atom is 0.176 e. The zero-order chi connectivity index (χ0) is 17.8. The first kappa shape index (κ1) is 17.4. The maximum absolute atomic E-state index is 13.1. The molecule has 4 nitrogen and oxygen atoms in total. The predicted molar refractivity (Wildman–Crippen MR) is 104 cm³/mol. The molecule has 1 aromatic heterocycles. The van der Waals surface area contributed by atoms with Gasteiger partial charge in [-0.3, -0.25) is 4.68 Å². The summed E-state index contributed by atoms with van der Waals surface area (Å²) in [5.74, 6) is 0.258. The zero-order valence-electron chi connectivity index (χ0n) is 13.5. The Kier molecular flexibility index (Phi) is 5.31. The second-order valence-corrected chi connectivity index (χ2v) is 6.34. The van der Waals surface area contributed by atoms with Gasteiger partial charge in [0.1, 0.15) is 5.82 Å². The van der Waals surface area contributed by atoms with Gasteiger partial charge in [0.25, 0.3) is 0 Å². The minimum Gasteiger partial charge on any atom is -0.332 e.